The third-order valence-corrected chi connectivity index (χ3v) is 5.29. The number of carboxylic acids is 1. The van der Waals surface area contributed by atoms with E-state index < -0.39 is 61.3 Å². The zero-order valence-corrected chi connectivity index (χ0v) is 23.0. The first-order valence-electron chi connectivity index (χ1n) is 12.7. The first-order valence-corrected chi connectivity index (χ1v) is 12.7. The summed E-state index contributed by atoms with van der Waals surface area (Å²) in [6.07, 6.45) is 3.04. The van der Waals surface area contributed by atoms with Gasteiger partial charge in [-0.05, 0) is 18.1 Å². The maximum Gasteiger partial charge on any atom is 0.326 e. The number of rotatable bonds is 17. The summed E-state index contributed by atoms with van der Waals surface area (Å²) in [4.78, 5) is 87.9. The number of unbranched alkanes of at least 4 members (excludes halogenated alkanes) is 1. The van der Waals surface area contributed by atoms with Gasteiger partial charge in [-0.3, -0.25) is 24.0 Å². The van der Waals surface area contributed by atoms with E-state index in [1.807, 2.05) is 6.92 Å². The molecule has 0 radical (unpaired) electrons. The van der Waals surface area contributed by atoms with E-state index in [0.717, 1.165) is 17.7 Å². The van der Waals surface area contributed by atoms with Crippen LogP contribution in [0.4, 0.5) is 10.6 Å². The van der Waals surface area contributed by atoms with Crippen LogP contribution in [-0.2, 0) is 35.2 Å². The summed E-state index contributed by atoms with van der Waals surface area (Å²) in [6, 6.07) is 0.833. The molecule has 226 valence electrons. The highest BCUT2D eigenvalue weighted by Crippen LogP contribution is 2.05. The molecule has 1 unspecified atom stereocenters. The Morgan fingerprint density at radius 2 is 1.46 bits per heavy atom. The van der Waals surface area contributed by atoms with Crippen LogP contribution < -0.4 is 37.6 Å². The normalized spacial score (nSPS) is 10.9. The number of likely N-dealkylation sites (N-methyl/N-ethyl adjacent to an activating group) is 1. The standard InChI is InChI=1S/C24H37N9O8/c1-3-4-7-26-18(34)10-29-21(37)14-33(2)22(38)13-30-19(35)11-28-20(36)12-31-24(41)32-16(23(39)40)8-15-5-6-17(25)27-9-15/h5-6,9,16H,3-4,7-8,10-14H2,1-2H3,(H2,25,27)(H,26,34)(H,28,36)(H,29,37)(H,30,35)(H,39,40)(H2,31,32,41). The highest BCUT2D eigenvalue weighted by Gasteiger charge is 2.21. The van der Waals surface area contributed by atoms with Crippen molar-refractivity contribution in [3.8, 4) is 0 Å². The van der Waals surface area contributed by atoms with Crippen LogP contribution in [0.15, 0.2) is 18.3 Å². The van der Waals surface area contributed by atoms with Crippen LogP contribution in [0, 0.1) is 0 Å². The molecule has 0 fully saturated rings. The van der Waals surface area contributed by atoms with E-state index in [9.17, 15) is 38.7 Å². The van der Waals surface area contributed by atoms with Gasteiger partial charge < -0.3 is 47.6 Å². The molecule has 1 rings (SSSR count). The van der Waals surface area contributed by atoms with Crippen molar-refractivity contribution in [2.45, 2.75) is 32.2 Å². The Morgan fingerprint density at radius 3 is 2.05 bits per heavy atom. The zero-order valence-electron chi connectivity index (χ0n) is 23.0. The van der Waals surface area contributed by atoms with Crippen molar-refractivity contribution < 1.29 is 38.7 Å². The van der Waals surface area contributed by atoms with E-state index >= 15 is 0 Å². The number of anilines is 1. The summed E-state index contributed by atoms with van der Waals surface area (Å²) in [5.74, 6) is -3.99. The van der Waals surface area contributed by atoms with E-state index in [-0.39, 0.29) is 31.2 Å². The molecule has 17 nitrogen and oxygen atoms in total. The number of urea groups is 1. The lowest BCUT2D eigenvalue weighted by Crippen LogP contribution is -2.50. The van der Waals surface area contributed by atoms with Gasteiger partial charge in [-0.1, -0.05) is 19.4 Å². The number of carbonyl (C=O) groups excluding carboxylic acids is 6. The minimum atomic E-state index is -1.30. The molecule has 0 aromatic carbocycles. The fourth-order valence-corrected chi connectivity index (χ4v) is 2.98. The number of pyridine rings is 1. The average Bonchev–Trinajstić information content (AvgIpc) is 2.93. The second-order valence-electron chi connectivity index (χ2n) is 8.80. The molecule has 17 heteroatoms. The van der Waals surface area contributed by atoms with Crippen molar-refractivity contribution >= 4 is 47.4 Å². The number of aromatic nitrogens is 1. The Kier molecular flexibility index (Phi) is 15.2. The molecule has 0 saturated carbocycles. The first kappa shape index (κ1) is 34.1. The van der Waals surface area contributed by atoms with E-state index in [4.69, 9.17) is 5.73 Å². The molecule has 1 aromatic rings. The fourth-order valence-electron chi connectivity index (χ4n) is 2.98. The van der Waals surface area contributed by atoms with Gasteiger partial charge in [-0.2, -0.15) is 0 Å². The molecule has 1 heterocycles. The van der Waals surface area contributed by atoms with Crippen LogP contribution in [0.3, 0.4) is 0 Å². The van der Waals surface area contributed by atoms with Gasteiger partial charge in [0.15, 0.2) is 0 Å². The van der Waals surface area contributed by atoms with Crippen LogP contribution in [0.2, 0.25) is 0 Å². The second-order valence-corrected chi connectivity index (χ2v) is 8.80. The molecule has 0 aliphatic rings. The van der Waals surface area contributed by atoms with Crippen molar-refractivity contribution in [3.63, 3.8) is 0 Å². The summed E-state index contributed by atoms with van der Waals surface area (Å²) >= 11 is 0. The van der Waals surface area contributed by atoms with Crippen molar-refractivity contribution in [3.05, 3.63) is 23.9 Å². The molecular weight excluding hydrogens is 542 g/mol. The Bertz CT molecular complexity index is 1080. The quantitative estimate of drug-likeness (QED) is 0.0852. The minimum absolute atomic E-state index is 0.0722. The third kappa shape index (κ3) is 15.3. The maximum absolute atomic E-state index is 12.1. The molecule has 9 N–H and O–H groups in total. The Morgan fingerprint density at radius 1 is 0.878 bits per heavy atom. The number of nitrogens with two attached hydrogens (primary N) is 1. The summed E-state index contributed by atoms with van der Waals surface area (Å²) in [6.45, 7) is 0.423. The predicted octanol–water partition coefficient (Wildman–Crippen LogP) is -3.32. The highest BCUT2D eigenvalue weighted by molar-refractivity contribution is 5.92. The SMILES string of the molecule is CCCCNC(=O)CNC(=O)CN(C)C(=O)CNC(=O)CNC(=O)CNC(=O)NC(Cc1ccc(N)nc1)C(=O)O. The molecule has 7 amide bonds. The van der Waals surface area contributed by atoms with Gasteiger partial charge >= 0.3 is 12.0 Å². The van der Waals surface area contributed by atoms with Crippen LogP contribution >= 0.6 is 0 Å². The highest BCUT2D eigenvalue weighted by atomic mass is 16.4. The lowest BCUT2D eigenvalue weighted by Gasteiger charge is -2.17. The van der Waals surface area contributed by atoms with Crippen molar-refractivity contribution in [2.24, 2.45) is 0 Å². The number of nitrogen functional groups attached to an aromatic ring is 1. The van der Waals surface area contributed by atoms with Crippen molar-refractivity contribution in [2.75, 3.05) is 52.0 Å². The molecule has 0 bridgehead atoms. The number of hydrogen-bond acceptors (Lipinski definition) is 9. The molecule has 1 aromatic heterocycles. The number of aliphatic carboxylic acids is 1. The number of nitrogens with one attached hydrogen (secondary N) is 6. The monoisotopic (exact) mass is 579 g/mol. The number of amides is 7. The van der Waals surface area contributed by atoms with E-state index in [2.05, 4.69) is 36.9 Å². The summed E-state index contributed by atoms with van der Waals surface area (Å²) in [7, 11) is 1.34. The molecule has 0 aliphatic carbocycles. The lowest BCUT2D eigenvalue weighted by molar-refractivity contribution is -0.139. The molecule has 1 atom stereocenters. The van der Waals surface area contributed by atoms with Gasteiger partial charge in [-0.25, -0.2) is 14.6 Å². The van der Waals surface area contributed by atoms with Crippen LogP contribution in [0.1, 0.15) is 25.3 Å². The van der Waals surface area contributed by atoms with E-state index in [1.54, 1.807) is 6.07 Å². The third-order valence-electron chi connectivity index (χ3n) is 5.29. The summed E-state index contributed by atoms with van der Waals surface area (Å²) in [5, 5.41) is 23.3. The topological polar surface area (TPSA) is 254 Å². The molecule has 0 spiro atoms. The number of carboxylic acid groups (broad SMARTS) is 1. The number of hydrogen-bond donors (Lipinski definition) is 8. The zero-order chi connectivity index (χ0) is 30.8. The molecule has 0 aliphatic heterocycles. The smallest absolute Gasteiger partial charge is 0.326 e. The number of carbonyl (C=O) groups is 7. The van der Waals surface area contributed by atoms with Gasteiger partial charge in [0.25, 0.3) is 0 Å². The summed E-state index contributed by atoms with van der Waals surface area (Å²) < 4.78 is 0. The first-order chi connectivity index (χ1) is 19.4. The van der Waals surface area contributed by atoms with Gasteiger partial charge in [0.1, 0.15) is 11.9 Å². The Balaban J connectivity index is 2.28. The minimum Gasteiger partial charge on any atom is -0.480 e. The predicted molar refractivity (Wildman–Crippen MR) is 145 cm³/mol. The van der Waals surface area contributed by atoms with Crippen LogP contribution in [-0.4, -0.2) is 109 Å². The number of nitrogens with zero attached hydrogens (tertiary/aromatic N) is 2. The van der Waals surface area contributed by atoms with E-state index in [0.29, 0.717) is 12.1 Å². The van der Waals surface area contributed by atoms with Gasteiger partial charge in [0.2, 0.25) is 29.5 Å². The molecule has 0 saturated heterocycles. The Labute approximate surface area is 236 Å². The van der Waals surface area contributed by atoms with Gasteiger partial charge in [-0.15, -0.1) is 0 Å². The van der Waals surface area contributed by atoms with Gasteiger partial charge in [0.05, 0.1) is 32.7 Å². The molecular formula is C24H37N9O8. The van der Waals surface area contributed by atoms with E-state index in [1.165, 1.54) is 19.3 Å². The molecule has 41 heavy (non-hydrogen) atoms. The largest absolute Gasteiger partial charge is 0.480 e. The second kappa shape index (κ2) is 18.3. The van der Waals surface area contributed by atoms with Gasteiger partial charge in [0, 0.05) is 26.2 Å². The van der Waals surface area contributed by atoms with Crippen LogP contribution in [0.25, 0.3) is 0 Å². The maximum atomic E-state index is 12.1. The van der Waals surface area contributed by atoms with Crippen LogP contribution in [0.5, 0.6) is 0 Å². The van der Waals surface area contributed by atoms with Crippen molar-refractivity contribution in [1.29, 1.82) is 0 Å². The fraction of sp³-hybridized carbons (Fsp3) is 0.500. The summed E-state index contributed by atoms with van der Waals surface area (Å²) in [5.41, 5.74) is 6.01. The average molecular weight is 580 g/mol. The lowest BCUT2D eigenvalue weighted by atomic mass is 10.1. The Hall–Kier alpha value is -4.96. The van der Waals surface area contributed by atoms with Crippen molar-refractivity contribution in [1.82, 2.24) is 41.8 Å².